The van der Waals surface area contributed by atoms with E-state index in [9.17, 15) is 4.79 Å². The summed E-state index contributed by atoms with van der Waals surface area (Å²) in [7, 11) is 0. The molecule has 3 fully saturated rings. The summed E-state index contributed by atoms with van der Waals surface area (Å²) in [5, 5.41) is 0. The van der Waals surface area contributed by atoms with Crippen molar-refractivity contribution in [1.82, 2.24) is 0 Å². The van der Waals surface area contributed by atoms with Crippen LogP contribution in [0.25, 0.3) is 0 Å². The van der Waals surface area contributed by atoms with Crippen molar-refractivity contribution >= 4 is 5.97 Å². The molecule has 0 spiro atoms. The zero-order valence-electron chi connectivity index (χ0n) is 36.9. The van der Waals surface area contributed by atoms with Crippen LogP contribution in [0.15, 0.2) is 11.6 Å². The van der Waals surface area contributed by atoms with Crippen LogP contribution in [0, 0.1) is 52.3 Å². The van der Waals surface area contributed by atoms with E-state index >= 15 is 0 Å². The van der Waals surface area contributed by atoms with Gasteiger partial charge in [-0.1, -0.05) is 189 Å². The van der Waals surface area contributed by atoms with Gasteiger partial charge in [-0.2, -0.15) is 0 Å². The lowest BCUT2D eigenvalue weighted by atomic mass is 9.47. The average Bonchev–Trinajstić information content (AvgIpc) is 3.50. The largest absolute Gasteiger partial charge is 0.462 e. The maximum Gasteiger partial charge on any atom is 0.306 e. The Balaban J connectivity index is 1.05. The Morgan fingerprint density at radius 1 is 0.698 bits per heavy atom. The van der Waals surface area contributed by atoms with E-state index < -0.39 is 0 Å². The van der Waals surface area contributed by atoms with Gasteiger partial charge in [0, 0.05) is 12.8 Å². The average molecular weight is 737 g/mol. The fourth-order valence-electron chi connectivity index (χ4n) is 13.0. The van der Waals surface area contributed by atoms with Gasteiger partial charge in [0.2, 0.25) is 0 Å². The van der Waals surface area contributed by atoms with Gasteiger partial charge >= 0.3 is 5.97 Å². The van der Waals surface area contributed by atoms with E-state index in [2.05, 4.69) is 54.5 Å². The molecule has 4 rings (SSSR count). The van der Waals surface area contributed by atoms with Crippen molar-refractivity contribution in [3.63, 3.8) is 0 Å². The molecule has 0 bridgehead atoms. The van der Waals surface area contributed by atoms with Crippen molar-refractivity contribution in [3.05, 3.63) is 11.6 Å². The van der Waals surface area contributed by atoms with Crippen LogP contribution < -0.4 is 0 Å². The zero-order chi connectivity index (χ0) is 38.1. The summed E-state index contributed by atoms with van der Waals surface area (Å²) in [6.07, 6.45) is 44.2. The van der Waals surface area contributed by atoms with Crippen LogP contribution in [0.4, 0.5) is 0 Å². The van der Waals surface area contributed by atoms with Crippen molar-refractivity contribution in [2.75, 3.05) is 0 Å². The summed E-state index contributed by atoms with van der Waals surface area (Å²) in [6.45, 7) is 17.5. The molecule has 0 aromatic rings. The molecule has 0 radical (unpaired) electrons. The van der Waals surface area contributed by atoms with Gasteiger partial charge in [-0.3, -0.25) is 4.79 Å². The zero-order valence-corrected chi connectivity index (χ0v) is 36.9. The molecule has 0 saturated heterocycles. The highest BCUT2D eigenvalue weighted by molar-refractivity contribution is 5.69. The summed E-state index contributed by atoms with van der Waals surface area (Å²) in [4.78, 5) is 12.9. The van der Waals surface area contributed by atoms with Crippen LogP contribution in [-0.2, 0) is 9.53 Å². The minimum atomic E-state index is 0.0677. The quantitative estimate of drug-likeness (QED) is 0.0477. The van der Waals surface area contributed by atoms with Gasteiger partial charge < -0.3 is 4.74 Å². The van der Waals surface area contributed by atoms with Crippen molar-refractivity contribution in [2.45, 2.75) is 254 Å². The van der Waals surface area contributed by atoms with Gasteiger partial charge in [-0.05, 0) is 110 Å². The predicted molar refractivity (Wildman–Crippen MR) is 230 cm³/mol. The minimum Gasteiger partial charge on any atom is -0.462 e. The normalized spacial score (nSPS) is 30.7. The van der Waals surface area contributed by atoms with E-state index in [0.717, 1.165) is 60.7 Å². The molecule has 308 valence electrons. The van der Waals surface area contributed by atoms with Crippen LogP contribution in [0.3, 0.4) is 0 Å². The fourth-order valence-corrected chi connectivity index (χ4v) is 13.0. The highest BCUT2D eigenvalue weighted by Crippen LogP contribution is 2.67. The Bertz CT molecular complexity index is 1040. The molecule has 0 N–H and O–H groups in total. The molecular weight excluding hydrogens is 645 g/mol. The molecule has 4 aliphatic rings. The van der Waals surface area contributed by atoms with E-state index in [1.54, 1.807) is 5.57 Å². The first-order valence-corrected chi connectivity index (χ1v) is 24.5. The summed E-state index contributed by atoms with van der Waals surface area (Å²) < 4.78 is 6.17. The van der Waals surface area contributed by atoms with Gasteiger partial charge in [-0.25, -0.2) is 0 Å². The Hall–Kier alpha value is -0.790. The second-order valence-corrected chi connectivity index (χ2v) is 20.4. The first-order chi connectivity index (χ1) is 25.6. The Kier molecular flexibility index (Phi) is 19.9. The lowest BCUT2D eigenvalue weighted by Gasteiger charge is -2.58. The summed E-state index contributed by atoms with van der Waals surface area (Å²) in [6, 6.07) is 0. The van der Waals surface area contributed by atoms with Crippen LogP contribution in [0.1, 0.15) is 248 Å². The lowest BCUT2D eigenvalue weighted by Crippen LogP contribution is -2.51. The molecule has 0 aliphatic heterocycles. The Morgan fingerprint density at radius 2 is 1.26 bits per heavy atom. The monoisotopic (exact) mass is 737 g/mol. The first-order valence-electron chi connectivity index (χ1n) is 24.5. The number of hydrogen-bond donors (Lipinski definition) is 0. The van der Waals surface area contributed by atoms with E-state index in [4.69, 9.17) is 4.74 Å². The molecule has 3 saturated carbocycles. The third kappa shape index (κ3) is 13.1. The second kappa shape index (κ2) is 23.4. The topological polar surface area (TPSA) is 26.3 Å². The number of rotatable bonds is 27. The van der Waals surface area contributed by atoms with Crippen molar-refractivity contribution in [3.8, 4) is 0 Å². The Labute approximate surface area is 332 Å². The third-order valence-corrected chi connectivity index (χ3v) is 16.6. The van der Waals surface area contributed by atoms with E-state index in [0.29, 0.717) is 17.3 Å². The van der Waals surface area contributed by atoms with Crippen LogP contribution in [0.5, 0.6) is 0 Å². The third-order valence-electron chi connectivity index (χ3n) is 16.6. The van der Waals surface area contributed by atoms with Gasteiger partial charge in [0.25, 0.3) is 0 Å². The Morgan fingerprint density at radius 3 is 1.81 bits per heavy atom. The van der Waals surface area contributed by atoms with Crippen LogP contribution >= 0.6 is 0 Å². The SMILES string of the molecule is CCCCCCCCCCCCCCCCCCCCCC(=O)O[C@H]1CC[C@@]2(C)C(=CC[C@@H]3[C@H]4CC[C@@H]([C@H](C)CC[C@@H](CC)C(C)C)[C@@]4(C)CC[C@@H]32)C1. The maximum atomic E-state index is 12.9. The molecular formula is C51H92O2. The number of esters is 1. The molecule has 0 unspecified atom stereocenters. The molecule has 0 amide bonds. The predicted octanol–water partition coefficient (Wildman–Crippen LogP) is 16.4. The molecule has 2 heteroatoms. The maximum absolute atomic E-state index is 12.9. The fraction of sp³-hybridized carbons (Fsp3) is 0.941. The number of fused-ring (bicyclic) bond motifs is 5. The lowest BCUT2D eigenvalue weighted by molar-refractivity contribution is -0.151. The summed E-state index contributed by atoms with van der Waals surface area (Å²) in [5.41, 5.74) is 2.52. The van der Waals surface area contributed by atoms with E-state index in [-0.39, 0.29) is 12.1 Å². The van der Waals surface area contributed by atoms with Gasteiger partial charge in [0.05, 0.1) is 0 Å². The summed E-state index contributed by atoms with van der Waals surface area (Å²) >= 11 is 0. The number of ether oxygens (including phenoxy) is 1. The molecule has 0 heterocycles. The molecule has 53 heavy (non-hydrogen) atoms. The standard InChI is InChI=1S/C51H92O2/c1-8-10-11-12-13-14-15-16-17-18-19-20-21-22-23-24-25-26-27-28-49(52)53-44-35-37-50(6)43(39-44)31-32-45-47-34-33-46(51(47,7)38-36-48(45)50)41(5)29-30-42(9-2)40(3)4/h31,40-42,44-48H,8-30,32-39H2,1-7H3/t41-,42-,44+,45-,46+,47-,48+,50+,51-/m1/s1. The summed E-state index contributed by atoms with van der Waals surface area (Å²) in [5.74, 6) is 6.17. The van der Waals surface area contributed by atoms with Gasteiger partial charge in [0.15, 0.2) is 0 Å². The van der Waals surface area contributed by atoms with Crippen LogP contribution in [-0.4, -0.2) is 12.1 Å². The number of carbonyl (C=O) groups excluding carboxylic acids is 1. The molecule has 9 atom stereocenters. The number of unbranched alkanes of at least 4 members (excludes halogenated alkanes) is 18. The van der Waals surface area contributed by atoms with E-state index in [1.807, 2.05) is 0 Å². The number of hydrogen-bond acceptors (Lipinski definition) is 2. The smallest absolute Gasteiger partial charge is 0.306 e. The van der Waals surface area contributed by atoms with Crippen molar-refractivity contribution in [1.29, 1.82) is 0 Å². The van der Waals surface area contributed by atoms with E-state index in [1.165, 1.54) is 173 Å². The van der Waals surface area contributed by atoms with Crippen molar-refractivity contribution in [2.24, 2.45) is 52.3 Å². The van der Waals surface area contributed by atoms with Gasteiger partial charge in [0.1, 0.15) is 6.10 Å². The van der Waals surface area contributed by atoms with Gasteiger partial charge in [-0.15, -0.1) is 0 Å². The molecule has 4 aliphatic carbocycles. The van der Waals surface area contributed by atoms with Crippen LogP contribution in [0.2, 0.25) is 0 Å². The molecule has 0 aromatic carbocycles. The number of allylic oxidation sites excluding steroid dienone is 1. The molecule has 0 aromatic heterocycles. The first kappa shape index (κ1) is 44.9. The van der Waals surface area contributed by atoms with Crippen molar-refractivity contribution < 1.29 is 9.53 Å². The number of carbonyl (C=O) groups is 1. The molecule has 2 nitrogen and oxygen atoms in total. The highest BCUT2D eigenvalue weighted by atomic mass is 16.5. The second-order valence-electron chi connectivity index (χ2n) is 20.4. The highest BCUT2D eigenvalue weighted by Gasteiger charge is 2.59. The minimum absolute atomic E-state index is 0.0677.